The van der Waals surface area contributed by atoms with Gasteiger partial charge >= 0.3 is 0 Å². The lowest BCUT2D eigenvalue weighted by Gasteiger charge is -2.35. The summed E-state index contributed by atoms with van der Waals surface area (Å²) in [7, 11) is 3.49. The van der Waals surface area contributed by atoms with Crippen molar-refractivity contribution in [1.29, 1.82) is 0 Å². The molecule has 2 aromatic rings. The first-order valence-corrected chi connectivity index (χ1v) is 9.95. The molecule has 0 saturated carbocycles. The normalized spacial score (nSPS) is 15.1. The van der Waals surface area contributed by atoms with Gasteiger partial charge in [0.25, 0.3) is 0 Å². The van der Waals surface area contributed by atoms with Crippen molar-refractivity contribution in [3.8, 4) is 5.75 Å². The molecule has 2 heterocycles. The van der Waals surface area contributed by atoms with Gasteiger partial charge < -0.3 is 19.9 Å². The molecule has 1 fully saturated rings. The van der Waals surface area contributed by atoms with Crippen molar-refractivity contribution in [2.24, 2.45) is 12.0 Å². The number of rotatable bonds is 5. The van der Waals surface area contributed by atoms with Crippen molar-refractivity contribution < 1.29 is 9.53 Å². The summed E-state index contributed by atoms with van der Waals surface area (Å²) in [6, 6.07) is 5.85. The van der Waals surface area contributed by atoms with Gasteiger partial charge in [-0.05, 0) is 25.1 Å². The molecule has 1 aromatic carbocycles. The lowest BCUT2D eigenvalue weighted by molar-refractivity contribution is -0.120. The number of methoxy groups -OCH3 is 1. The lowest BCUT2D eigenvalue weighted by Crippen LogP contribution is -2.55. The van der Waals surface area contributed by atoms with Crippen molar-refractivity contribution in [2.45, 2.75) is 13.5 Å². The second kappa shape index (κ2) is 9.09. The van der Waals surface area contributed by atoms with Gasteiger partial charge in [0.2, 0.25) is 5.91 Å². The Morgan fingerprint density at radius 2 is 2.21 bits per heavy atom. The molecule has 9 heteroatoms. The van der Waals surface area contributed by atoms with Gasteiger partial charge in [0, 0.05) is 42.9 Å². The van der Waals surface area contributed by atoms with Gasteiger partial charge in [-0.25, -0.2) is 4.99 Å². The smallest absolute Gasteiger partial charge is 0.246 e. The van der Waals surface area contributed by atoms with E-state index in [0.717, 1.165) is 34.0 Å². The Morgan fingerprint density at radius 3 is 2.86 bits per heavy atom. The van der Waals surface area contributed by atoms with Crippen LogP contribution < -0.4 is 15.0 Å². The summed E-state index contributed by atoms with van der Waals surface area (Å²) in [6.07, 6.45) is 3.57. The Morgan fingerprint density at radius 1 is 1.39 bits per heavy atom. The van der Waals surface area contributed by atoms with E-state index in [-0.39, 0.29) is 12.5 Å². The first kappa shape index (κ1) is 20.2. The summed E-state index contributed by atoms with van der Waals surface area (Å²) in [5, 5.41) is 7.44. The second-order valence-corrected chi connectivity index (χ2v) is 7.38. The first-order valence-electron chi connectivity index (χ1n) is 9.16. The zero-order valence-corrected chi connectivity index (χ0v) is 17.9. The van der Waals surface area contributed by atoms with Gasteiger partial charge in [-0.2, -0.15) is 5.10 Å². The number of anilines is 1. The van der Waals surface area contributed by atoms with Crippen LogP contribution in [-0.2, 0) is 18.4 Å². The van der Waals surface area contributed by atoms with E-state index in [1.807, 2.05) is 43.3 Å². The van der Waals surface area contributed by atoms with Gasteiger partial charge in [0.05, 0.1) is 25.5 Å². The molecule has 1 N–H and O–H groups in total. The van der Waals surface area contributed by atoms with E-state index < -0.39 is 0 Å². The van der Waals surface area contributed by atoms with Crippen molar-refractivity contribution in [2.75, 3.05) is 38.2 Å². The van der Waals surface area contributed by atoms with Gasteiger partial charge in [-0.15, -0.1) is 0 Å². The van der Waals surface area contributed by atoms with Crippen LogP contribution in [0.4, 0.5) is 5.69 Å². The highest BCUT2D eigenvalue weighted by Gasteiger charge is 2.27. The van der Waals surface area contributed by atoms with E-state index in [4.69, 9.17) is 9.73 Å². The van der Waals surface area contributed by atoms with Gasteiger partial charge in [0.15, 0.2) is 5.96 Å². The number of carbonyl (C=O) groups excluding carboxylic acids is 1. The zero-order chi connectivity index (χ0) is 20.1. The Labute approximate surface area is 173 Å². The molecule has 0 radical (unpaired) electrons. The summed E-state index contributed by atoms with van der Waals surface area (Å²) in [6.45, 7) is 4.77. The van der Waals surface area contributed by atoms with Crippen molar-refractivity contribution in [3.63, 3.8) is 0 Å². The number of benzene rings is 1. The molecular weight excluding hydrogens is 424 g/mol. The fourth-order valence-electron chi connectivity index (χ4n) is 3.13. The third kappa shape index (κ3) is 4.64. The van der Waals surface area contributed by atoms with E-state index in [1.165, 1.54) is 0 Å². The number of nitrogens with one attached hydrogen (secondary N) is 1. The van der Waals surface area contributed by atoms with Crippen molar-refractivity contribution >= 4 is 33.5 Å². The summed E-state index contributed by atoms with van der Waals surface area (Å²) in [4.78, 5) is 21.2. The molecule has 1 aliphatic heterocycles. The van der Waals surface area contributed by atoms with Crippen LogP contribution in [-0.4, -0.2) is 59.8 Å². The number of aryl methyl sites for hydroxylation is 1. The summed E-state index contributed by atoms with van der Waals surface area (Å²) >= 11 is 3.49. The number of ether oxygens (including phenoxy) is 1. The fourth-order valence-corrected chi connectivity index (χ4v) is 3.54. The predicted octanol–water partition coefficient (Wildman–Crippen LogP) is 2.01. The van der Waals surface area contributed by atoms with E-state index >= 15 is 0 Å². The molecular formula is C19H25BrN6O2. The van der Waals surface area contributed by atoms with Crippen LogP contribution in [0.2, 0.25) is 0 Å². The zero-order valence-electron chi connectivity index (χ0n) is 16.4. The average molecular weight is 449 g/mol. The summed E-state index contributed by atoms with van der Waals surface area (Å²) in [5.74, 6) is 1.55. The number of aliphatic imine (C=N–C) groups is 1. The topological polar surface area (TPSA) is 75.0 Å². The molecule has 0 atom stereocenters. The number of halogens is 1. The van der Waals surface area contributed by atoms with Gasteiger partial charge in [-0.3, -0.25) is 9.48 Å². The molecule has 0 bridgehead atoms. The van der Waals surface area contributed by atoms with E-state index in [0.29, 0.717) is 19.6 Å². The van der Waals surface area contributed by atoms with Crippen LogP contribution in [0.25, 0.3) is 0 Å². The standard InChI is InChI=1S/C19H25BrN6O2/c1-4-21-19(22-10-14-9-15(20)5-6-17(14)28-3)25-7-8-26(18(27)13-25)16-11-23-24(2)12-16/h5-6,9,11-12H,4,7-8,10,13H2,1-3H3,(H,21,22). The molecule has 1 saturated heterocycles. The van der Waals surface area contributed by atoms with Crippen LogP contribution in [0.1, 0.15) is 12.5 Å². The minimum Gasteiger partial charge on any atom is -0.496 e. The quantitative estimate of drug-likeness (QED) is 0.559. The van der Waals surface area contributed by atoms with Crippen molar-refractivity contribution in [1.82, 2.24) is 20.0 Å². The molecule has 0 aliphatic carbocycles. The molecule has 1 aromatic heterocycles. The molecule has 28 heavy (non-hydrogen) atoms. The number of carbonyl (C=O) groups is 1. The van der Waals surface area contributed by atoms with E-state index in [9.17, 15) is 4.79 Å². The maximum Gasteiger partial charge on any atom is 0.246 e. The minimum absolute atomic E-state index is 0.0323. The molecule has 1 aliphatic rings. The highest BCUT2D eigenvalue weighted by Crippen LogP contribution is 2.24. The van der Waals surface area contributed by atoms with Crippen LogP contribution in [0.5, 0.6) is 5.75 Å². The Bertz CT molecular complexity index is 866. The number of hydrogen-bond donors (Lipinski definition) is 1. The number of guanidine groups is 1. The Balaban J connectivity index is 1.73. The molecule has 8 nitrogen and oxygen atoms in total. The van der Waals surface area contributed by atoms with Gasteiger partial charge in [-0.1, -0.05) is 15.9 Å². The Kier molecular flexibility index (Phi) is 6.56. The third-order valence-electron chi connectivity index (χ3n) is 4.50. The predicted molar refractivity (Wildman–Crippen MR) is 113 cm³/mol. The molecule has 3 rings (SSSR count). The molecule has 0 unspecified atom stereocenters. The highest BCUT2D eigenvalue weighted by atomic mass is 79.9. The fraction of sp³-hybridized carbons (Fsp3) is 0.421. The number of nitrogens with zero attached hydrogens (tertiary/aromatic N) is 5. The average Bonchev–Trinajstić information content (AvgIpc) is 3.11. The van der Waals surface area contributed by atoms with Crippen LogP contribution in [0.15, 0.2) is 40.1 Å². The molecule has 0 spiro atoms. The second-order valence-electron chi connectivity index (χ2n) is 6.47. The van der Waals surface area contributed by atoms with Crippen LogP contribution in [0.3, 0.4) is 0 Å². The SMILES string of the molecule is CCNC(=NCc1cc(Br)ccc1OC)N1CCN(c2cnn(C)c2)C(=O)C1. The maximum absolute atomic E-state index is 12.7. The summed E-state index contributed by atoms with van der Waals surface area (Å²) < 4.78 is 8.10. The Hall–Kier alpha value is -2.55. The van der Waals surface area contributed by atoms with Crippen LogP contribution in [0, 0.1) is 0 Å². The number of hydrogen-bond acceptors (Lipinski definition) is 4. The first-order chi connectivity index (χ1) is 13.5. The number of piperazine rings is 1. The van der Waals surface area contributed by atoms with Crippen LogP contribution >= 0.6 is 15.9 Å². The molecule has 1 amide bonds. The largest absolute Gasteiger partial charge is 0.496 e. The number of amides is 1. The summed E-state index contributed by atoms with van der Waals surface area (Å²) in [5.41, 5.74) is 1.81. The van der Waals surface area contributed by atoms with E-state index in [2.05, 4.69) is 26.3 Å². The number of aromatic nitrogens is 2. The monoisotopic (exact) mass is 448 g/mol. The van der Waals surface area contributed by atoms with Gasteiger partial charge in [0.1, 0.15) is 12.3 Å². The van der Waals surface area contributed by atoms with E-state index in [1.54, 1.807) is 22.9 Å². The molecule has 150 valence electrons. The maximum atomic E-state index is 12.7. The van der Waals surface area contributed by atoms with Crippen molar-refractivity contribution in [3.05, 3.63) is 40.6 Å². The minimum atomic E-state index is 0.0323. The lowest BCUT2D eigenvalue weighted by atomic mass is 10.2. The highest BCUT2D eigenvalue weighted by molar-refractivity contribution is 9.10. The third-order valence-corrected chi connectivity index (χ3v) is 4.99.